The quantitative estimate of drug-likeness (QED) is 0.685. The largest absolute Gasteiger partial charge is 0.411 e. The number of benzene rings is 1. The van der Waals surface area contributed by atoms with Crippen molar-refractivity contribution in [2.24, 2.45) is 0 Å². The van der Waals surface area contributed by atoms with Gasteiger partial charge in [0.15, 0.2) is 0 Å². The summed E-state index contributed by atoms with van der Waals surface area (Å²) in [7, 11) is 0. The molecule has 0 N–H and O–H groups in total. The van der Waals surface area contributed by atoms with Crippen molar-refractivity contribution >= 4 is 33.6 Å². The van der Waals surface area contributed by atoms with Gasteiger partial charge >= 0.3 is 0 Å². The highest BCUT2D eigenvalue weighted by molar-refractivity contribution is 9.10. The summed E-state index contributed by atoms with van der Waals surface area (Å²) < 4.78 is 6.65. The van der Waals surface area contributed by atoms with Crippen LogP contribution in [0.2, 0.25) is 0 Å². The molecule has 2 aromatic rings. The Morgan fingerprint density at radius 3 is 2.88 bits per heavy atom. The molecular weight excluding hydrogens is 390 g/mol. The van der Waals surface area contributed by atoms with E-state index in [2.05, 4.69) is 33.1 Å². The summed E-state index contributed by atoms with van der Waals surface area (Å²) in [5.74, 6) is 0.982. The molecule has 0 spiro atoms. The first-order valence-corrected chi connectivity index (χ1v) is 9.97. The fraction of sp³-hybridized carbons (Fsp3) is 0.471. The molecule has 24 heavy (non-hydrogen) atoms. The van der Waals surface area contributed by atoms with E-state index in [1.807, 2.05) is 29.2 Å². The standard InChI is InChI=1S/C17H20BrN3O2S/c1-2-14-5-3-4-10-21(14)15(22)11-24-17-20-19-16(23-17)12-6-8-13(18)9-7-12/h6-9,14H,2-5,10-11H2,1H3. The van der Waals surface area contributed by atoms with E-state index in [1.165, 1.54) is 18.2 Å². The number of rotatable bonds is 5. The average Bonchev–Trinajstić information content (AvgIpc) is 3.09. The van der Waals surface area contributed by atoms with Crippen LogP contribution in [0.25, 0.3) is 11.5 Å². The van der Waals surface area contributed by atoms with Crippen molar-refractivity contribution in [3.8, 4) is 11.5 Å². The van der Waals surface area contributed by atoms with Gasteiger partial charge < -0.3 is 9.32 Å². The van der Waals surface area contributed by atoms with Crippen LogP contribution in [0, 0.1) is 0 Å². The predicted molar refractivity (Wildman–Crippen MR) is 97.8 cm³/mol. The molecule has 1 aromatic carbocycles. The van der Waals surface area contributed by atoms with Gasteiger partial charge in [0.2, 0.25) is 11.8 Å². The van der Waals surface area contributed by atoms with Crippen LogP contribution >= 0.6 is 27.7 Å². The van der Waals surface area contributed by atoms with Gasteiger partial charge in [-0.1, -0.05) is 34.6 Å². The van der Waals surface area contributed by atoms with Crippen molar-refractivity contribution in [2.75, 3.05) is 12.3 Å². The second kappa shape index (κ2) is 8.16. The summed E-state index contributed by atoms with van der Waals surface area (Å²) in [4.78, 5) is 14.5. The van der Waals surface area contributed by atoms with E-state index >= 15 is 0 Å². The molecule has 1 amide bonds. The van der Waals surface area contributed by atoms with Crippen molar-refractivity contribution in [1.29, 1.82) is 0 Å². The van der Waals surface area contributed by atoms with E-state index in [4.69, 9.17) is 4.42 Å². The predicted octanol–water partition coefficient (Wildman–Crippen LogP) is 4.38. The van der Waals surface area contributed by atoms with Gasteiger partial charge in [-0.3, -0.25) is 4.79 Å². The van der Waals surface area contributed by atoms with Crippen molar-refractivity contribution in [2.45, 2.75) is 43.9 Å². The van der Waals surface area contributed by atoms with Crippen molar-refractivity contribution < 1.29 is 9.21 Å². The van der Waals surface area contributed by atoms with E-state index in [0.717, 1.165) is 35.8 Å². The summed E-state index contributed by atoms with van der Waals surface area (Å²) >= 11 is 4.71. The molecule has 0 saturated carbocycles. The van der Waals surface area contributed by atoms with Gasteiger partial charge in [-0.2, -0.15) is 0 Å². The Hall–Kier alpha value is -1.34. The molecule has 1 aliphatic rings. The van der Waals surface area contributed by atoms with Crippen LogP contribution in [-0.2, 0) is 4.79 Å². The molecule has 3 rings (SSSR count). The fourth-order valence-electron chi connectivity index (χ4n) is 2.94. The highest BCUT2D eigenvalue weighted by atomic mass is 79.9. The molecular formula is C17H20BrN3O2S. The van der Waals surface area contributed by atoms with Gasteiger partial charge in [-0.15, -0.1) is 10.2 Å². The lowest BCUT2D eigenvalue weighted by atomic mass is 10.0. The monoisotopic (exact) mass is 409 g/mol. The number of thioether (sulfide) groups is 1. The van der Waals surface area contributed by atoms with E-state index in [1.54, 1.807) is 0 Å². The molecule has 128 valence electrons. The molecule has 1 aliphatic heterocycles. The number of piperidine rings is 1. The third-order valence-electron chi connectivity index (χ3n) is 4.24. The molecule has 7 heteroatoms. The number of likely N-dealkylation sites (tertiary alicyclic amines) is 1. The van der Waals surface area contributed by atoms with Crippen molar-refractivity contribution in [3.05, 3.63) is 28.7 Å². The molecule has 5 nitrogen and oxygen atoms in total. The molecule has 1 fully saturated rings. The molecule has 1 aromatic heterocycles. The SMILES string of the molecule is CCC1CCCCN1C(=O)CSc1nnc(-c2ccc(Br)cc2)o1. The van der Waals surface area contributed by atoms with Gasteiger partial charge in [0.05, 0.1) is 5.75 Å². The van der Waals surface area contributed by atoms with Gasteiger partial charge in [-0.25, -0.2) is 0 Å². The van der Waals surface area contributed by atoms with Gasteiger partial charge in [0.25, 0.3) is 5.22 Å². The highest BCUT2D eigenvalue weighted by Gasteiger charge is 2.25. The minimum absolute atomic E-state index is 0.162. The maximum Gasteiger partial charge on any atom is 0.277 e. The van der Waals surface area contributed by atoms with E-state index in [0.29, 0.717) is 22.9 Å². The minimum Gasteiger partial charge on any atom is -0.411 e. The maximum absolute atomic E-state index is 12.5. The second-order valence-corrected chi connectivity index (χ2v) is 7.66. The zero-order valence-corrected chi connectivity index (χ0v) is 16.0. The summed E-state index contributed by atoms with van der Waals surface area (Å²) in [6.07, 6.45) is 4.45. The first-order valence-electron chi connectivity index (χ1n) is 8.19. The lowest BCUT2D eigenvalue weighted by molar-refractivity contribution is -0.132. The number of aromatic nitrogens is 2. The Morgan fingerprint density at radius 1 is 1.33 bits per heavy atom. The third-order valence-corrected chi connectivity index (χ3v) is 5.57. The summed E-state index contributed by atoms with van der Waals surface area (Å²) in [5, 5.41) is 8.53. The lowest BCUT2D eigenvalue weighted by Gasteiger charge is -2.35. The molecule has 1 saturated heterocycles. The Kier molecular flexibility index (Phi) is 5.94. The number of halogens is 1. The Balaban J connectivity index is 1.59. The second-order valence-electron chi connectivity index (χ2n) is 5.81. The summed E-state index contributed by atoms with van der Waals surface area (Å²) in [6, 6.07) is 8.06. The molecule has 0 aliphatic carbocycles. The third kappa shape index (κ3) is 4.19. The zero-order valence-electron chi connectivity index (χ0n) is 13.6. The highest BCUT2D eigenvalue weighted by Crippen LogP contribution is 2.26. The first-order chi connectivity index (χ1) is 11.7. The van der Waals surface area contributed by atoms with Crippen LogP contribution in [-0.4, -0.2) is 39.3 Å². The number of nitrogens with zero attached hydrogens (tertiary/aromatic N) is 3. The molecule has 0 radical (unpaired) electrons. The molecule has 2 heterocycles. The fourth-order valence-corrected chi connectivity index (χ4v) is 3.85. The van der Waals surface area contributed by atoms with E-state index in [-0.39, 0.29) is 5.91 Å². The summed E-state index contributed by atoms with van der Waals surface area (Å²) in [5.41, 5.74) is 0.867. The first kappa shape index (κ1) is 17.5. The Labute approximate surface area is 154 Å². The molecule has 0 bridgehead atoms. The number of hydrogen-bond donors (Lipinski definition) is 0. The van der Waals surface area contributed by atoms with E-state index < -0.39 is 0 Å². The van der Waals surface area contributed by atoms with Crippen LogP contribution in [0.15, 0.2) is 38.4 Å². The summed E-state index contributed by atoms with van der Waals surface area (Å²) in [6.45, 7) is 3.01. The zero-order chi connectivity index (χ0) is 16.9. The van der Waals surface area contributed by atoms with Crippen molar-refractivity contribution in [3.63, 3.8) is 0 Å². The van der Waals surface area contributed by atoms with Crippen LogP contribution < -0.4 is 0 Å². The van der Waals surface area contributed by atoms with Crippen LogP contribution in [0.3, 0.4) is 0 Å². The average molecular weight is 410 g/mol. The van der Waals surface area contributed by atoms with Crippen LogP contribution in [0.1, 0.15) is 32.6 Å². The normalized spacial score (nSPS) is 17.9. The molecule has 1 atom stereocenters. The topological polar surface area (TPSA) is 59.2 Å². The van der Waals surface area contributed by atoms with Crippen molar-refractivity contribution in [1.82, 2.24) is 15.1 Å². The smallest absolute Gasteiger partial charge is 0.277 e. The van der Waals surface area contributed by atoms with Crippen LogP contribution in [0.5, 0.6) is 0 Å². The van der Waals surface area contributed by atoms with Crippen LogP contribution in [0.4, 0.5) is 0 Å². The number of carbonyl (C=O) groups excluding carboxylic acids is 1. The van der Waals surface area contributed by atoms with E-state index in [9.17, 15) is 4.79 Å². The van der Waals surface area contributed by atoms with Gasteiger partial charge in [0, 0.05) is 22.6 Å². The lowest BCUT2D eigenvalue weighted by Crippen LogP contribution is -2.44. The van der Waals surface area contributed by atoms with Gasteiger partial charge in [-0.05, 0) is 49.9 Å². The van der Waals surface area contributed by atoms with Gasteiger partial charge in [0.1, 0.15) is 0 Å². The number of amides is 1. The maximum atomic E-state index is 12.5. The molecule has 1 unspecified atom stereocenters. The number of carbonyl (C=O) groups is 1. The number of hydrogen-bond acceptors (Lipinski definition) is 5. The Morgan fingerprint density at radius 2 is 2.12 bits per heavy atom. The minimum atomic E-state index is 0.162. The Bertz CT molecular complexity index is 689.